The number of nitrogens with zero attached hydrogens (tertiary/aromatic N) is 1. The molecule has 1 amide bonds. The number of hydrogen-bond donors (Lipinski definition) is 1. The molecule has 142 valence electrons. The number of benzene rings is 2. The van der Waals surface area contributed by atoms with Gasteiger partial charge in [0, 0.05) is 17.0 Å². The molecule has 2 aromatic carbocycles. The first kappa shape index (κ1) is 18.1. The molecule has 3 aromatic rings. The first-order valence-electron chi connectivity index (χ1n) is 8.70. The van der Waals surface area contributed by atoms with Gasteiger partial charge >= 0.3 is 0 Å². The predicted octanol–water partition coefficient (Wildman–Crippen LogP) is 4.24. The van der Waals surface area contributed by atoms with Crippen LogP contribution in [-0.2, 0) is 4.79 Å². The second-order valence-electron chi connectivity index (χ2n) is 5.99. The molecule has 0 saturated carbocycles. The molecule has 0 radical (unpaired) electrons. The van der Waals surface area contributed by atoms with Crippen molar-refractivity contribution in [2.24, 2.45) is 0 Å². The average Bonchev–Trinajstić information content (AvgIpc) is 3.20. The third-order valence-electron chi connectivity index (χ3n) is 4.11. The van der Waals surface area contributed by atoms with E-state index in [1.807, 2.05) is 47.8 Å². The van der Waals surface area contributed by atoms with Gasteiger partial charge in [-0.15, -0.1) is 11.3 Å². The molecule has 6 nitrogen and oxygen atoms in total. The predicted molar refractivity (Wildman–Crippen MR) is 109 cm³/mol. The number of hydrogen-bond acceptors (Lipinski definition) is 6. The molecule has 0 aliphatic carbocycles. The largest absolute Gasteiger partial charge is 0.497 e. The molecule has 0 atom stereocenters. The Bertz CT molecular complexity index is 1010. The first-order chi connectivity index (χ1) is 13.7. The molecule has 4 rings (SSSR count). The standard InChI is InChI=1S/C21H18N2O4S/c1-25-16-6-4-15(5-7-16)17-13-28-21(22-17)23-20(24)9-3-14-2-8-18-19(12-14)27-11-10-26-18/h2-9,12-13H,10-11H2,1H3,(H,22,23,24)/b9-3+. The van der Waals surface area contributed by atoms with E-state index in [-0.39, 0.29) is 5.91 Å². The van der Waals surface area contributed by atoms with Crippen LogP contribution in [0, 0.1) is 0 Å². The quantitative estimate of drug-likeness (QED) is 0.656. The van der Waals surface area contributed by atoms with Crippen molar-refractivity contribution in [3.63, 3.8) is 0 Å². The zero-order valence-electron chi connectivity index (χ0n) is 15.2. The Hall–Kier alpha value is -3.32. The van der Waals surface area contributed by atoms with Crippen LogP contribution in [0.5, 0.6) is 17.2 Å². The van der Waals surface area contributed by atoms with Crippen LogP contribution >= 0.6 is 11.3 Å². The van der Waals surface area contributed by atoms with Gasteiger partial charge in [0.15, 0.2) is 16.6 Å². The summed E-state index contributed by atoms with van der Waals surface area (Å²) in [6, 6.07) is 13.2. The summed E-state index contributed by atoms with van der Waals surface area (Å²) in [7, 11) is 1.63. The minimum Gasteiger partial charge on any atom is -0.497 e. The van der Waals surface area contributed by atoms with Crippen molar-refractivity contribution >= 4 is 28.5 Å². The van der Waals surface area contributed by atoms with Crippen LogP contribution in [0.3, 0.4) is 0 Å². The molecular formula is C21H18N2O4S. The van der Waals surface area contributed by atoms with Crippen molar-refractivity contribution in [2.45, 2.75) is 0 Å². The maximum Gasteiger partial charge on any atom is 0.250 e. The fourth-order valence-electron chi connectivity index (χ4n) is 2.71. The van der Waals surface area contributed by atoms with Gasteiger partial charge in [-0.25, -0.2) is 4.98 Å². The van der Waals surface area contributed by atoms with Gasteiger partial charge in [-0.2, -0.15) is 0 Å². The van der Waals surface area contributed by atoms with E-state index < -0.39 is 0 Å². The molecule has 7 heteroatoms. The maximum atomic E-state index is 12.2. The number of aromatic nitrogens is 1. The fourth-order valence-corrected chi connectivity index (χ4v) is 3.43. The fraction of sp³-hybridized carbons (Fsp3) is 0.143. The smallest absolute Gasteiger partial charge is 0.250 e. The molecule has 1 aromatic heterocycles. The van der Waals surface area contributed by atoms with Crippen LogP contribution < -0.4 is 19.5 Å². The van der Waals surface area contributed by atoms with E-state index >= 15 is 0 Å². The van der Waals surface area contributed by atoms with Gasteiger partial charge in [0.1, 0.15) is 19.0 Å². The van der Waals surface area contributed by atoms with Crippen LogP contribution in [0.25, 0.3) is 17.3 Å². The van der Waals surface area contributed by atoms with E-state index in [0.717, 1.165) is 28.3 Å². The van der Waals surface area contributed by atoms with Crippen LogP contribution in [0.4, 0.5) is 5.13 Å². The lowest BCUT2D eigenvalue weighted by Crippen LogP contribution is -2.15. The van der Waals surface area contributed by atoms with Crippen molar-refractivity contribution in [2.75, 3.05) is 25.6 Å². The van der Waals surface area contributed by atoms with Crippen LogP contribution in [0.15, 0.2) is 53.9 Å². The van der Waals surface area contributed by atoms with Gasteiger partial charge < -0.3 is 14.2 Å². The van der Waals surface area contributed by atoms with E-state index in [2.05, 4.69) is 10.3 Å². The van der Waals surface area contributed by atoms with Gasteiger partial charge in [0.25, 0.3) is 0 Å². The average molecular weight is 394 g/mol. The number of amides is 1. The summed E-state index contributed by atoms with van der Waals surface area (Å²) in [6.07, 6.45) is 3.20. The number of anilines is 1. The van der Waals surface area contributed by atoms with Gasteiger partial charge in [0.05, 0.1) is 12.8 Å². The molecule has 1 aliphatic heterocycles. The van der Waals surface area contributed by atoms with E-state index in [4.69, 9.17) is 14.2 Å². The topological polar surface area (TPSA) is 69.7 Å². The number of carbonyl (C=O) groups is 1. The summed E-state index contributed by atoms with van der Waals surface area (Å²) < 4.78 is 16.2. The molecule has 1 N–H and O–H groups in total. The monoisotopic (exact) mass is 394 g/mol. The Labute approximate surface area is 166 Å². The Balaban J connectivity index is 1.40. The molecule has 0 spiro atoms. The minimum absolute atomic E-state index is 0.245. The summed E-state index contributed by atoms with van der Waals surface area (Å²) in [4.78, 5) is 16.7. The highest BCUT2D eigenvalue weighted by Gasteiger charge is 2.11. The SMILES string of the molecule is COc1ccc(-c2csc(NC(=O)/C=C/c3ccc4c(c3)OCCO4)n2)cc1. The van der Waals surface area contributed by atoms with Crippen molar-refractivity contribution in [3.05, 3.63) is 59.5 Å². The second-order valence-corrected chi connectivity index (χ2v) is 6.85. The normalized spacial score (nSPS) is 12.8. The molecule has 0 bridgehead atoms. The van der Waals surface area contributed by atoms with Gasteiger partial charge in [-0.3, -0.25) is 10.1 Å². The molecule has 28 heavy (non-hydrogen) atoms. The minimum atomic E-state index is -0.245. The number of thiazole rings is 1. The number of rotatable bonds is 5. The third kappa shape index (κ3) is 4.15. The highest BCUT2D eigenvalue weighted by atomic mass is 32.1. The summed E-state index contributed by atoms with van der Waals surface area (Å²) in [5, 5.41) is 5.24. The Kier molecular flexibility index (Phi) is 5.25. The molecule has 0 saturated heterocycles. The Morgan fingerprint density at radius 2 is 1.93 bits per heavy atom. The highest BCUT2D eigenvalue weighted by Crippen LogP contribution is 2.31. The third-order valence-corrected chi connectivity index (χ3v) is 4.87. The summed E-state index contributed by atoms with van der Waals surface area (Å²) in [5.74, 6) is 1.96. The number of carbonyl (C=O) groups excluding carboxylic acids is 1. The molecule has 0 unspecified atom stereocenters. The molecule has 0 fully saturated rings. The lowest BCUT2D eigenvalue weighted by molar-refractivity contribution is -0.111. The lowest BCUT2D eigenvalue weighted by Gasteiger charge is -2.18. The first-order valence-corrected chi connectivity index (χ1v) is 9.58. The summed E-state index contributed by atoms with van der Waals surface area (Å²) >= 11 is 1.38. The maximum absolute atomic E-state index is 12.2. The van der Waals surface area contributed by atoms with E-state index in [1.54, 1.807) is 13.2 Å². The second kappa shape index (κ2) is 8.14. The summed E-state index contributed by atoms with van der Waals surface area (Å²) in [5.41, 5.74) is 2.63. The van der Waals surface area contributed by atoms with Crippen LogP contribution in [0.1, 0.15) is 5.56 Å². The number of nitrogens with one attached hydrogen (secondary N) is 1. The Morgan fingerprint density at radius 3 is 2.71 bits per heavy atom. The summed E-state index contributed by atoms with van der Waals surface area (Å²) in [6.45, 7) is 1.08. The van der Waals surface area contributed by atoms with Gasteiger partial charge in [-0.05, 0) is 48.0 Å². The van der Waals surface area contributed by atoms with Crippen molar-refractivity contribution in [1.29, 1.82) is 0 Å². The van der Waals surface area contributed by atoms with Gasteiger partial charge in [-0.1, -0.05) is 6.07 Å². The van der Waals surface area contributed by atoms with Crippen LogP contribution in [-0.4, -0.2) is 31.2 Å². The van der Waals surface area contributed by atoms with E-state index in [1.165, 1.54) is 17.4 Å². The van der Waals surface area contributed by atoms with E-state index in [0.29, 0.717) is 24.1 Å². The number of fused-ring (bicyclic) bond motifs is 1. The van der Waals surface area contributed by atoms with Gasteiger partial charge in [0.2, 0.25) is 5.91 Å². The highest BCUT2D eigenvalue weighted by molar-refractivity contribution is 7.14. The van der Waals surface area contributed by atoms with Crippen molar-refractivity contribution in [3.8, 4) is 28.5 Å². The molecule has 2 heterocycles. The van der Waals surface area contributed by atoms with E-state index in [9.17, 15) is 4.79 Å². The molecular weight excluding hydrogens is 376 g/mol. The lowest BCUT2D eigenvalue weighted by atomic mass is 10.2. The number of ether oxygens (including phenoxy) is 3. The van der Waals surface area contributed by atoms with Crippen molar-refractivity contribution < 1.29 is 19.0 Å². The zero-order valence-corrected chi connectivity index (χ0v) is 16.0. The van der Waals surface area contributed by atoms with Crippen LogP contribution in [0.2, 0.25) is 0 Å². The zero-order chi connectivity index (χ0) is 19.3. The number of methoxy groups -OCH3 is 1. The molecule has 1 aliphatic rings. The Morgan fingerprint density at radius 1 is 1.14 bits per heavy atom. The van der Waals surface area contributed by atoms with Crippen molar-refractivity contribution in [1.82, 2.24) is 4.98 Å².